The lowest BCUT2D eigenvalue weighted by Crippen LogP contribution is -2.41. The Labute approximate surface area is 121 Å². The molecule has 1 aliphatic heterocycles. The van der Waals surface area contributed by atoms with Crippen molar-refractivity contribution in [2.45, 2.75) is 44.2 Å². The summed E-state index contributed by atoms with van der Waals surface area (Å²) < 4.78 is 27.2. The van der Waals surface area contributed by atoms with Crippen molar-refractivity contribution in [2.75, 3.05) is 5.32 Å². The molecule has 112 valence electrons. The van der Waals surface area contributed by atoms with Gasteiger partial charge in [-0.2, -0.15) is 0 Å². The zero-order valence-corrected chi connectivity index (χ0v) is 11.4. The third-order valence-corrected chi connectivity index (χ3v) is 4.15. The average Bonchev–Trinajstić information content (AvgIpc) is 3.03. The van der Waals surface area contributed by atoms with Crippen LogP contribution in [0, 0.1) is 11.6 Å². The van der Waals surface area contributed by atoms with E-state index in [2.05, 4.69) is 5.32 Å². The summed E-state index contributed by atoms with van der Waals surface area (Å²) in [4.78, 5) is 25.6. The highest BCUT2D eigenvalue weighted by molar-refractivity contribution is 6.07. The largest absolute Gasteiger partial charge is 0.368 e. The zero-order chi connectivity index (χ0) is 15.0. The molecule has 0 bridgehead atoms. The molecule has 0 spiro atoms. The molecule has 3 rings (SSSR count). The van der Waals surface area contributed by atoms with Gasteiger partial charge in [-0.05, 0) is 25.0 Å². The highest BCUT2D eigenvalue weighted by Gasteiger charge is 2.43. The number of imide groups is 1. The van der Waals surface area contributed by atoms with Gasteiger partial charge in [0.25, 0.3) is 5.91 Å². The lowest BCUT2D eigenvalue weighted by molar-refractivity contribution is -0.141. The molecule has 0 radical (unpaired) electrons. The van der Waals surface area contributed by atoms with E-state index in [1.54, 1.807) is 0 Å². The second-order valence-electron chi connectivity index (χ2n) is 5.54. The van der Waals surface area contributed by atoms with Gasteiger partial charge in [-0.1, -0.05) is 18.9 Å². The molecule has 2 fully saturated rings. The molecule has 2 amide bonds. The fraction of sp³-hybridized carbons (Fsp3) is 0.467. The molecule has 1 aliphatic carbocycles. The Morgan fingerprint density at radius 3 is 2.33 bits per heavy atom. The van der Waals surface area contributed by atoms with Gasteiger partial charge in [-0.3, -0.25) is 14.5 Å². The first-order valence-corrected chi connectivity index (χ1v) is 7.14. The monoisotopic (exact) mass is 294 g/mol. The lowest BCUT2D eigenvalue weighted by Gasteiger charge is -2.22. The summed E-state index contributed by atoms with van der Waals surface area (Å²) in [5, 5.41) is 2.55. The lowest BCUT2D eigenvalue weighted by atomic mass is 10.2. The van der Waals surface area contributed by atoms with Crippen LogP contribution in [0.2, 0.25) is 0 Å². The van der Waals surface area contributed by atoms with Crippen molar-refractivity contribution < 1.29 is 18.4 Å². The van der Waals surface area contributed by atoms with Gasteiger partial charge in [0.1, 0.15) is 23.4 Å². The molecule has 0 aromatic heterocycles. The third-order valence-electron chi connectivity index (χ3n) is 4.15. The van der Waals surface area contributed by atoms with E-state index in [1.807, 2.05) is 0 Å². The van der Waals surface area contributed by atoms with Crippen LogP contribution in [-0.4, -0.2) is 28.8 Å². The quantitative estimate of drug-likeness (QED) is 0.871. The van der Waals surface area contributed by atoms with Crippen molar-refractivity contribution in [3.8, 4) is 0 Å². The second-order valence-corrected chi connectivity index (χ2v) is 5.54. The minimum absolute atomic E-state index is 0.0525. The van der Waals surface area contributed by atoms with Crippen LogP contribution in [0.15, 0.2) is 18.2 Å². The van der Waals surface area contributed by atoms with Gasteiger partial charge in [-0.15, -0.1) is 0 Å². The average molecular weight is 294 g/mol. The molecule has 6 heteroatoms. The van der Waals surface area contributed by atoms with E-state index >= 15 is 0 Å². The summed E-state index contributed by atoms with van der Waals surface area (Å²) >= 11 is 0. The number of hydrogen-bond acceptors (Lipinski definition) is 3. The molecule has 1 aromatic carbocycles. The normalized spacial score (nSPS) is 23.1. The van der Waals surface area contributed by atoms with Crippen LogP contribution >= 0.6 is 0 Å². The van der Waals surface area contributed by atoms with Gasteiger partial charge in [-0.25, -0.2) is 8.78 Å². The van der Waals surface area contributed by atoms with Crippen molar-refractivity contribution in [3.05, 3.63) is 29.8 Å². The van der Waals surface area contributed by atoms with Gasteiger partial charge in [0.2, 0.25) is 5.91 Å². The van der Waals surface area contributed by atoms with Crippen molar-refractivity contribution in [3.63, 3.8) is 0 Å². The van der Waals surface area contributed by atoms with E-state index in [1.165, 1.54) is 11.0 Å². The molecule has 1 heterocycles. The number of amides is 2. The molecule has 1 saturated carbocycles. The molecule has 21 heavy (non-hydrogen) atoms. The highest BCUT2D eigenvalue weighted by Crippen LogP contribution is 2.30. The summed E-state index contributed by atoms with van der Waals surface area (Å²) in [6, 6.07) is 2.54. The van der Waals surface area contributed by atoms with Crippen LogP contribution in [0.4, 0.5) is 14.5 Å². The molecular formula is C15H16F2N2O2. The van der Waals surface area contributed by atoms with Crippen LogP contribution < -0.4 is 5.32 Å². The Kier molecular flexibility index (Phi) is 3.61. The Balaban J connectivity index is 1.78. The predicted octanol–water partition coefficient (Wildman–Crippen LogP) is 2.45. The van der Waals surface area contributed by atoms with Gasteiger partial charge in [0.15, 0.2) is 0 Å². The number of benzene rings is 1. The molecule has 1 atom stereocenters. The summed E-state index contributed by atoms with van der Waals surface area (Å²) in [5.74, 6) is -2.18. The minimum Gasteiger partial charge on any atom is -0.368 e. The Bertz CT molecular complexity index is 565. The Morgan fingerprint density at radius 2 is 1.71 bits per heavy atom. The number of carbonyl (C=O) groups is 2. The van der Waals surface area contributed by atoms with Gasteiger partial charge in [0, 0.05) is 6.04 Å². The number of halogens is 2. The van der Waals surface area contributed by atoms with E-state index in [9.17, 15) is 18.4 Å². The van der Waals surface area contributed by atoms with Crippen molar-refractivity contribution in [1.29, 1.82) is 0 Å². The third kappa shape index (κ3) is 2.50. The zero-order valence-electron chi connectivity index (χ0n) is 11.4. The Morgan fingerprint density at radius 1 is 1.10 bits per heavy atom. The number of anilines is 1. The molecular weight excluding hydrogens is 278 g/mol. The molecule has 4 nitrogen and oxygen atoms in total. The standard InChI is InChI=1S/C15H16F2N2O2/c16-10-6-3-7-11(17)14(10)18-12-8-13(20)19(15(12)21)9-4-1-2-5-9/h3,6-7,9,12,18H,1-2,4-5,8H2. The smallest absolute Gasteiger partial charge is 0.252 e. The number of para-hydroxylation sites is 1. The molecule has 1 aromatic rings. The minimum atomic E-state index is -0.885. The molecule has 2 aliphatic rings. The van der Waals surface area contributed by atoms with E-state index in [0.717, 1.165) is 37.8 Å². The van der Waals surface area contributed by atoms with Gasteiger partial charge >= 0.3 is 0 Å². The maximum absolute atomic E-state index is 13.6. The number of rotatable bonds is 3. The number of nitrogens with one attached hydrogen (secondary N) is 1. The van der Waals surface area contributed by atoms with E-state index in [0.29, 0.717) is 0 Å². The number of hydrogen-bond donors (Lipinski definition) is 1. The van der Waals surface area contributed by atoms with Crippen LogP contribution in [0.5, 0.6) is 0 Å². The highest BCUT2D eigenvalue weighted by atomic mass is 19.1. The first-order chi connectivity index (χ1) is 10.1. The summed E-state index contributed by atoms with van der Waals surface area (Å²) in [5.41, 5.74) is -0.350. The molecule has 1 unspecified atom stereocenters. The number of nitrogens with zero attached hydrogens (tertiary/aromatic N) is 1. The van der Waals surface area contributed by atoms with Gasteiger partial charge < -0.3 is 5.32 Å². The SMILES string of the molecule is O=C1CC(Nc2c(F)cccc2F)C(=O)N1C1CCCC1. The predicted molar refractivity (Wildman–Crippen MR) is 72.5 cm³/mol. The van der Waals surface area contributed by atoms with Crippen molar-refractivity contribution in [2.24, 2.45) is 0 Å². The second kappa shape index (κ2) is 5.42. The molecule has 1 N–H and O–H groups in total. The maximum Gasteiger partial charge on any atom is 0.252 e. The molecule has 1 saturated heterocycles. The van der Waals surface area contributed by atoms with Crippen LogP contribution in [0.3, 0.4) is 0 Å². The van der Waals surface area contributed by atoms with Crippen molar-refractivity contribution >= 4 is 17.5 Å². The Hall–Kier alpha value is -1.98. The van der Waals surface area contributed by atoms with E-state index in [4.69, 9.17) is 0 Å². The fourth-order valence-corrected chi connectivity index (χ4v) is 3.12. The van der Waals surface area contributed by atoms with E-state index < -0.39 is 17.7 Å². The number of carbonyl (C=O) groups excluding carboxylic acids is 2. The topological polar surface area (TPSA) is 49.4 Å². The first-order valence-electron chi connectivity index (χ1n) is 7.14. The van der Waals surface area contributed by atoms with E-state index in [-0.39, 0.29) is 30.0 Å². The fourth-order valence-electron chi connectivity index (χ4n) is 3.12. The van der Waals surface area contributed by atoms with Crippen molar-refractivity contribution in [1.82, 2.24) is 4.90 Å². The number of likely N-dealkylation sites (tertiary alicyclic amines) is 1. The maximum atomic E-state index is 13.6. The van der Waals surface area contributed by atoms with Gasteiger partial charge in [0.05, 0.1) is 6.42 Å². The summed E-state index contributed by atoms with van der Waals surface area (Å²) in [7, 11) is 0. The summed E-state index contributed by atoms with van der Waals surface area (Å²) in [6.45, 7) is 0. The van der Waals surface area contributed by atoms with Crippen LogP contribution in [-0.2, 0) is 9.59 Å². The first kappa shape index (κ1) is 14.0. The summed E-state index contributed by atoms with van der Waals surface area (Å²) in [6.07, 6.45) is 3.59. The van der Waals surface area contributed by atoms with Crippen LogP contribution in [0.1, 0.15) is 32.1 Å². The van der Waals surface area contributed by atoms with Crippen LogP contribution in [0.25, 0.3) is 0 Å².